The Balaban J connectivity index is 3.25. The van der Waals surface area contributed by atoms with Crippen molar-refractivity contribution in [3.05, 3.63) is 36.5 Å². The summed E-state index contributed by atoms with van der Waals surface area (Å²) in [5.74, 6) is 0.00621. The summed E-state index contributed by atoms with van der Waals surface area (Å²) in [7, 11) is 0. The van der Waals surface area contributed by atoms with Crippen LogP contribution < -0.4 is 0 Å². The van der Waals surface area contributed by atoms with Gasteiger partial charge < -0.3 is 4.74 Å². The van der Waals surface area contributed by atoms with E-state index < -0.39 is 0 Å². The molecule has 0 aromatic heterocycles. The third-order valence-electron chi connectivity index (χ3n) is 7.75. The van der Waals surface area contributed by atoms with Crippen LogP contribution in [0.15, 0.2) is 36.5 Å². The molecule has 0 atom stereocenters. The van der Waals surface area contributed by atoms with Gasteiger partial charge in [0.25, 0.3) is 0 Å². The monoisotopic (exact) mass is 559 g/mol. The zero-order valence-electron chi connectivity index (χ0n) is 27.3. The highest BCUT2D eigenvalue weighted by Crippen LogP contribution is 2.12. The first kappa shape index (κ1) is 38.7. The van der Waals surface area contributed by atoms with Crippen LogP contribution in [0.2, 0.25) is 0 Å². The van der Waals surface area contributed by atoms with E-state index in [0.717, 1.165) is 25.7 Å². The molecule has 2 heteroatoms. The molecular weight excluding hydrogens is 488 g/mol. The van der Waals surface area contributed by atoms with E-state index in [-0.39, 0.29) is 5.97 Å². The SMILES string of the molecule is CCCCC/C=C\C/C=C\CCCCCCCC(=O)OCCCCCCCCCC/C=C\CCCCCCCC. The maximum absolute atomic E-state index is 11.9. The van der Waals surface area contributed by atoms with Crippen LogP contribution in [0.25, 0.3) is 0 Å². The lowest BCUT2D eigenvalue weighted by Gasteiger charge is -2.05. The number of rotatable bonds is 32. The minimum atomic E-state index is 0.00621. The number of ether oxygens (including phenoxy) is 1. The van der Waals surface area contributed by atoms with Crippen LogP contribution in [-0.2, 0) is 9.53 Å². The van der Waals surface area contributed by atoms with Crippen LogP contribution in [0.5, 0.6) is 0 Å². The Kier molecular flexibility index (Phi) is 34.5. The van der Waals surface area contributed by atoms with E-state index in [1.165, 1.54) is 148 Å². The van der Waals surface area contributed by atoms with E-state index in [2.05, 4.69) is 50.3 Å². The van der Waals surface area contributed by atoms with Crippen molar-refractivity contribution in [2.24, 2.45) is 0 Å². The summed E-state index contributed by atoms with van der Waals surface area (Å²) >= 11 is 0. The van der Waals surface area contributed by atoms with E-state index in [0.29, 0.717) is 13.0 Å². The van der Waals surface area contributed by atoms with Gasteiger partial charge in [-0.05, 0) is 70.6 Å². The van der Waals surface area contributed by atoms with Gasteiger partial charge in [-0.15, -0.1) is 0 Å². The van der Waals surface area contributed by atoms with Crippen molar-refractivity contribution in [2.75, 3.05) is 6.61 Å². The highest BCUT2D eigenvalue weighted by Gasteiger charge is 2.02. The van der Waals surface area contributed by atoms with Gasteiger partial charge in [0.05, 0.1) is 6.61 Å². The second-order valence-corrected chi connectivity index (χ2v) is 11.8. The first-order valence-corrected chi connectivity index (χ1v) is 17.9. The number of hydrogen-bond acceptors (Lipinski definition) is 2. The second kappa shape index (κ2) is 35.7. The molecule has 0 saturated heterocycles. The maximum atomic E-state index is 11.9. The Morgan fingerprint density at radius 3 is 1.27 bits per heavy atom. The predicted octanol–water partition coefficient (Wildman–Crippen LogP) is 13.2. The number of allylic oxidation sites excluding steroid dienone is 6. The average molecular weight is 559 g/mol. The van der Waals surface area contributed by atoms with E-state index in [9.17, 15) is 4.79 Å². The van der Waals surface area contributed by atoms with E-state index in [1.807, 2.05) is 0 Å². The number of unbranched alkanes of at least 4 members (excludes halogenated alkanes) is 22. The first-order chi connectivity index (χ1) is 19.8. The van der Waals surface area contributed by atoms with Crippen molar-refractivity contribution in [1.29, 1.82) is 0 Å². The molecule has 2 nitrogen and oxygen atoms in total. The van der Waals surface area contributed by atoms with Gasteiger partial charge in [0.1, 0.15) is 0 Å². The average Bonchev–Trinajstić information content (AvgIpc) is 2.96. The van der Waals surface area contributed by atoms with Crippen molar-refractivity contribution < 1.29 is 9.53 Å². The number of carbonyl (C=O) groups excluding carboxylic acids is 1. The Bertz CT molecular complexity index is 574. The second-order valence-electron chi connectivity index (χ2n) is 11.8. The molecule has 0 spiro atoms. The lowest BCUT2D eigenvalue weighted by atomic mass is 10.1. The van der Waals surface area contributed by atoms with E-state index in [4.69, 9.17) is 4.74 Å². The highest BCUT2D eigenvalue weighted by atomic mass is 16.5. The summed E-state index contributed by atoms with van der Waals surface area (Å²) in [6.45, 7) is 5.15. The van der Waals surface area contributed by atoms with Crippen LogP contribution in [0.4, 0.5) is 0 Å². The summed E-state index contributed by atoms with van der Waals surface area (Å²) in [5.41, 5.74) is 0. The molecule has 234 valence electrons. The summed E-state index contributed by atoms with van der Waals surface area (Å²) in [6.07, 6.45) is 49.2. The molecule has 0 aliphatic rings. The molecule has 0 heterocycles. The molecule has 0 aliphatic heterocycles. The molecule has 0 aromatic carbocycles. The van der Waals surface area contributed by atoms with Crippen molar-refractivity contribution in [3.8, 4) is 0 Å². The molecule has 0 aromatic rings. The summed E-state index contributed by atoms with van der Waals surface area (Å²) in [5, 5.41) is 0. The predicted molar refractivity (Wildman–Crippen MR) is 179 cm³/mol. The molecule has 0 amide bonds. The minimum absolute atomic E-state index is 0.00621. The smallest absolute Gasteiger partial charge is 0.305 e. The molecule has 0 fully saturated rings. The van der Waals surface area contributed by atoms with Crippen LogP contribution in [0.3, 0.4) is 0 Å². The molecule has 0 rings (SSSR count). The van der Waals surface area contributed by atoms with Crippen molar-refractivity contribution in [1.82, 2.24) is 0 Å². The topological polar surface area (TPSA) is 26.3 Å². The fraction of sp³-hybridized carbons (Fsp3) is 0.816. The molecular formula is C38H70O2. The van der Waals surface area contributed by atoms with Gasteiger partial charge in [-0.1, -0.05) is 153 Å². The van der Waals surface area contributed by atoms with Crippen molar-refractivity contribution in [3.63, 3.8) is 0 Å². The van der Waals surface area contributed by atoms with Crippen LogP contribution in [0.1, 0.15) is 194 Å². The zero-order chi connectivity index (χ0) is 29.0. The van der Waals surface area contributed by atoms with Crippen LogP contribution >= 0.6 is 0 Å². The third-order valence-corrected chi connectivity index (χ3v) is 7.75. The van der Waals surface area contributed by atoms with Crippen molar-refractivity contribution in [2.45, 2.75) is 194 Å². The Hall–Kier alpha value is -1.31. The Morgan fingerprint density at radius 2 is 0.775 bits per heavy atom. The molecule has 0 unspecified atom stereocenters. The zero-order valence-corrected chi connectivity index (χ0v) is 27.3. The standard InChI is InChI=1S/C38H70O2/c1-3-5-7-9-11-13-15-17-19-20-21-23-25-27-29-31-33-35-37-40-38(39)36-34-32-30-28-26-24-22-18-16-14-12-10-8-6-4-2/h12,14,17-19,22H,3-11,13,15-16,20-21,23-37H2,1-2H3/b14-12-,19-17-,22-18-. The van der Waals surface area contributed by atoms with E-state index in [1.54, 1.807) is 0 Å². The number of hydrogen-bond donors (Lipinski definition) is 0. The largest absolute Gasteiger partial charge is 0.466 e. The fourth-order valence-corrected chi connectivity index (χ4v) is 5.04. The molecule has 0 N–H and O–H groups in total. The van der Waals surface area contributed by atoms with Gasteiger partial charge in [-0.3, -0.25) is 4.79 Å². The maximum Gasteiger partial charge on any atom is 0.305 e. The fourth-order valence-electron chi connectivity index (χ4n) is 5.04. The Morgan fingerprint density at radius 1 is 0.425 bits per heavy atom. The summed E-state index contributed by atoms with van der Waals surface area (Å²) in [6, 6.07) is 0. The number of carbonyl (C=O) groups is 1. The van der Waals surface area contributed by atoms with Crippen molar-refractivity contribution >= 4 is 5.97 Å². The molecule has 40 heavy (non-hydrogen) atoms. The van der Waals surface area contributed by atoms with Gasteiger partial charge in [0.15, 0.2) is 0 Å². The lowest BCUT2D eigenvalue weighted by Crippen LogP contribution is -2.05. The first-order valence-electron chi connectivity index (χ1n) is 17.9. The van der Waals surface area contributed by atoms with Crippen LogP contribution in [-0.4, -0.2) is 12.6 Å². The Labute approximate surface area is 251 Å². The highest BCUT2D eigenvalue weighted by molar-refractivity contribution is 5.69. The molecule has 0 bridgehead atoms. The lowest BCUT2D eigenvalue weighted by molar-refractivity contribution is -0.143. The van der Waals surface area contributed by atoms with E-state index >= 15 is 0 Å². The van der Waals surface area contributed by atoms with Gasteiger partial charge in [0, 0.05) is 6.42 Å². The minimum Gasteiger partial charge on any atom is -0.466 e. The van der Waals surface area contributed by atoms with Gasteiger partial charge in [-0.25, -0.2) is 0 Å². The van der Waals surface area contributed by atoms with Crippen LogP contribution in [0, 0.1) is 0 Å². The molecule has 0 saturated carbocycles. The van der Waals surface area contributed by atoms with Gasteiger partial charge in [-0.2, -0.15) is 0 Å². The summed E-state index contributed by atoms with van der Waals surface area (Å²) < 4.78 is 5.43. The summed E-state index contributed by atoms with van der Waals surface area (Å²) in [4.78, 5) is 11.9. The molecule has 0 radical (unpaired) electrons. The normalized spacial score (nSPS) is 11.9. The quantitative estimate of drug-likeness (QED) is 0.0466. The van der Waals surface area contributed by atoms with Gasteiger partial charge in [0.2, 0.25) is 0 Å². The number of esters is 1. The third kappa shape index (κ3) is 34.7. The van der Waals surface area contributed by atoms with Gasteiger partial charge >= 0.3 is 5.97 Å². The molecule has 0 aliphatic carbocycles.